The standard InChI is InChI=1S/2C30H25F5N4O4S/c2*1-3-44(42,43)13-12-38(26(40)15-20-6-10-24(32)23(14-20)30(33,34)35)18(2)28-27(21-7-4-19(16-36)5-8-21)29(41)39-17-22(31)9-11-25(39)37-28/h2*4-11,14,17-18H,3,12-13,15H2,1-2H3/t2*18-/m10/s1. The summed E-state index contributed by atoms with van der Waals surface area (Å²) in [6.07, 6.45) is -9.48. The van der Waals surface area contributed by atoms with Crippen LogP contribution in [-0.4, -0.2) is 93.3 Å². The van der Waals surface area contributed by atoms with Crippen molar-refractivity contribution in [2.45, 2.75) is 65.0 Å². The highest BCUT2D eigenvalue weighted by molar-refractivity contribution is 7.91. The Kier molecular flexibility index (Phi) is 20.2. The number of halogens is 10. The summed E-state index contributed by atoms with van der Waals surface area (Å²) in [6.45, 7) is 4.96. The van der Waals surface area contributed by atoms with Gasteiger partial charge in [-0.25, -0.2) is 44.4 Å². The molecule has 0 saturated carbocycles. The van der Waals surface area contributed by atoms with E-state index in [1.807, 2.05) is 12.1 Å². The molecule has 8 aromatic rings. The lowest BCUT2D eigenvalue weighted by atomic mass is 9.99. The number of hydrogen-bond acceptors (Lipinski definition) is 12. The zero-order chi connectivity index (χ0) is 64.8. The zero-order valence-corrected chi connectivity index (χ0v) is 48.4. The first-order valence-electron chi connectivity index (χ1n) is 26.5. The summed E-state index contributed by atoms with van der Waals surface area (Å²) < 4.78 is 187. The molecule has 88 heavy (non-hydrogen) atoms. The van der Waals surface area contributed by atoms with E-state index in [0.717, 1.165) is 55.3 Å². The summed E-state index contributed by atoms with van der Waals surface area (Å²) in [7, 11) is -7.27. The summed E-state index contributed by atoms with van der Waals surface area (Å²) in [6, 6.07) is 22.1. The number of sulfone groups is 2. The smallest absolute Gasteiger partial charge is 0.333 e. The lowest BCUT2D eigenvalue weighted by Crippen LogP contribution is -2.39. The molecule has 4 heterocycles. The maximum atomic E-state index is 14.1. The van der Waals surface area contributed by atoms with Crippen LogP contribution in [0.4, 0.5) is 43.9 Å². The van der Waals surface area contributed by atoms with Gasteiger partial charge in [0.15, 0.2) is 19.7 Å². The van der Waals surface area contributed by atoms with Crippen LogP contribution >= 0.6 is 0 Å². The largest absolute Gasteiger partial charge is 0.419 e. The minimum atomic E-state index is -5.02. The van der Waals surface area contributed by atoms with Crippen LogP contribution in [0.2, 0.25) is 0 Å². The molecule has 0 aliphatic rings. The van der Waals surface area contributed by atoms with Gasteiger partial charge in [-0.1, -0.05) is 50.2 Å². The van der Waals surface area contributed by atoms with Crippen LogP contribution < -0.4 is 11.1 Å². The Morgan fingerprint density at radius 1 is 0.545 bits per heavy atom. The average Bonchev–Trinajstić information content (AvgIpc) is 3.50. The van der Waals surface area contributed by atoms with Crippen LogP contribution in [0.5, 0.6) is 0 Å². The molecule has 0 unspecified atom stereocenters. The molecule has 4 aromatic carbocycles. The van der Waals surface area contributed by atoms with E-state index in [1.165, 1.54) is 88.4 Å². The fourth-order valence-electron chi connectivity index (χ4n) is 9.31. The van der Waals surface area contributed by atoms with Gasteiger partial charge in [0.1, 0.15) is 34.6 Å². The van der Waals surface area contributed by atoms with Crippen molar-refractivity contribution in [2.75, 3.05) is 36.1 Å². The van der Waals surface area contributed by atoms with Gasteiger partial charge in [-0.3, -0.25) is 28.0 Å². The molecule has 0 bridgehead atoms. The van der Waals surface area contributed by atoms with Crippen molar-refractivity contribution in [2.24, 2.45) is 0 Å². The number of hydrogen-bond donors (Lipinski definition) is 0. The molecule has 0 radical (unpaired) electrons. The van der Waals surface area contributed by atoms with Crippen LogP contribution in [0.1, 0.15) is 84.5 Å². The number of benzene rings is 4. The fourth-order valence-corrected chi connectivity index (χ4v) is 10.8. The highest BCUT2D eigenvalue weighted by atomic mass is 32.2. The number of carbonyl (C=O) groups is 2. The number of amides is 2. The van der Waals surface area contributed by atoms with E-state index < -0.39 is 139 Å². The van der Waals surface area contributed by atoms with E-state index in [-0.39, 0.29) is 78.7 Å². The highest BCUT2D eigenvalue weighted by Gasteiger charge is 2.37. The second kappa shape index (κ2) is 26.8. The maximum Gasteiger partial charge on any atom is 0.419 e. The minimum Gasteiger partial charge on any atom is -0.333 e. The van der Waals surface area contributed by atoms with Gasteiger partial charge in [0.2, 0.25) is 11.8 Å². The van der Waals surface area contributed by atoms with E-state index in [0.29, 0.717) is 24.3 Å². The predicted molar refractivity (Wildman–Crippen MR) is 302 cm³/mol. The van der Waals surface area contributed by atoms with Gasteiger partial charge in [-0.15, -0.1) is 0 Å². The van der Waals surface area contributed by atoms with Gasteiger partial charge >= 0.3 is 12.4 Å². The SMILES string of the molecule is CCS(=O)(=O)CCN(C(=O)Cc1ccc(F)c(C(F)(F)F)c1)[C@@H](C)c1nc2ccc(F)cn2c(=O)c1-c1ccc(C#N)cc1.CCS(=O)(=O)CCN(C(=O)Cc1ccc(F)c(C(F)(F)F)c1)[C@H](C)c1nc2ccc(F)cn2c(=O)c1-c1ccc(C#N)cc1. The number of carbonyl (C=O) groups excluding carboxylic acids is 2. The summed E-state index contributed by atoms with van der Waals surface area (Å²) in [5.41, 5.74) is -3.91. The van der Waals surface area contributed by atoms with Crippen molar-refractivity contribution >= 4 is 42.8 Å². The Morgan fingerprint density at radius 3 is 1.19 bits per heavy atom. The van der Waals surface area contributed by atoms with Crippen molar-refractivity contribution in [3.8, 4) is 34.4 Å². The minimum absolute atomic E-state index is 0.00338. The van der Waals surface area contributed by atoms with Crippen molar-refractivity contribution in [3.63, 3.8) is 0 Å². The molecule has 0 aliphatic heterocycles. The first kappa shape index (κ1) is 66.2. The highest BCUT2D eigenvalue weighted by Crippen LogP contribution is 2.36. The van der Waals surface area contributed by atoms with Gasteiger partial charge < -0.3 is 9.80 Å². The Labute approximate surface area is 496 Å². The van der Waals surface area contributed by atoms with Crippen LogP contribution in [-0.2, 0) is 54.5 Å². The predicted octanol–water partition coefficient (Wildman–Crippen LogP) is 10.2. The van der Waals surface area contributed by atoms with E-state index in [2.05, 4.69) is 9.97 Å². The maximum absolute atomic E-state index is 14.1. The molecule has 8 rings (SSSR count). The second-order valence-electron chi connectivity index (χ2n) is 19.9. The molecule has 0 spiro atoms. The van der Waals surface area contributed by atoms with E-state index in [4.69, 9.17) is 0 Å². The molecule has 460 valence electrons. The van der Waals surface area contributed by atoms with Crippen LogP contribution in [0.15, 0.2) is 131 Å². The third kappa shape index (κ3) is 15.5. The molecule has 0 N–H and O–H groups in total. The second-order valence-corrected chi connectivity index (χ2v) is 24.8. The Bertz CT molecular complexity index is 4150. The lowest BCUT2D eigenvalue weighted by molar-refractivity contribution is -0.141. The van der Waals surface area contributed by atoms with Gasteiger partial charge in [0.25, 0.3) is 11.1 Å². The summed E-state index contributed by atoms with van der Waals surface area (Å²) >= 11 is 0. The van der Waals surface area contributed by atoms with Crippen molar-refractivity contribution in [3.05, 3.63) is 210 Å². The molecule has 0 aliphatic carbocycles. The molecule has 4 aromatic heterocycles. The number of aromatic nitrogens is 4. The van der Waals surface area contributed by atoms with Crippen LogP contribution in [0.3, 0.4) is 0 Å². The molecule has 0 saturated heterocycles. The number of nitriles is 2. The quantitative estimate of drug-likeness (QED) is 0.0732. The van der Waals surface area contributed by atoms with E-state index >= 15 is 0 Å². The summed E-state index contributed by atoms with van der Waals surface area (Å²) in [5, 5.41) is 18.4. The Balaban J connectivity index is 0.000000251. The van der Waals surface area contributed by atoms with Crippen molar-refractivity contribution < 1.29 is 70.3 Å². The number of rotatable bonds is 18. The van der Waals surface area contributed by atoms with Gasteiger partial charge in [0.05, 0.1) is 93.3 Å². The normalized spacial score (nSPS) is 12.6. The Morgan fingerprint density at radius 2 is 0.886 bits per heavy atom. The average molecular weight is 1270 g/mol. The van der Waals surface area contributed by atoms with Gasteiger partial charge in [0, 0.05) is 37.0 Å². The van der Waals surface area contributed by atoms with Crippen LogP contribution in [0.25, 0.3) is 33.5 Å². The zero-order valence-electron chi connectivity index (χ0n) is 46.8. The van der Waals surface area contributed by atoms with Crippen molar-refractivity contribution in [1.82, 2.24) is 28.6 Å². The Hall–Kier alpha value is -9.28. The van der Waals surface area contributed by atoms with Gasteiger partial charge in [-0.05, 0) is 109 Å². The molecule has 28 heteroatoms. The monoisotopic (exact) mass is 1260 g/mol. The molecule has 0 fully saturated rings. The first-order valence-corrected chi connectivity index (χ1v) is 30.1. The van der Waals surface area contributed by atoms with Crippen molar-refractivity contribution in [1.29, 1.82) is 10.5 Å². The molecular formula is C60H50F10N8O8S2. The number of pyridine rings is 2. The topological polar surface area (TPSA) is 225 Å². The fraction of sp³-hybridized carbons (Fsp3) is 0.267. The first-order chi connectivity index (χ1) is 41.3. The lowest BCUT2D eigenvalue weighted by Gasteiger charge is -2.30. The molecule has 2 amide bonds. The number of nitrogens with zero attached hydrogens (tertiary/aromatic N) is 8. The van der Waals surface area contributed by atoms with Gasteiger partial charge in [-0.2, -0.15) is 36.9 Å². The molecule has 2 atom stereocenters. The molecular weight excluding hydrogens is 1210 g/mol. The van der Waals surface area contributed by atoms with E-state index in [9.17, 15) is 90.4 Å². The summed E-state index contributed by atoms with van der Waals surface area (Å²) in [5.74, 6) is -7.59. The van der Waals surface area contributed by atoms with Crippen LogP contribution in [0, 0.1) is 45.9 Å². The third-order valence-corrected chi connectivity index (χ3v) is 17.5. The number of alkyl halides is 6. The third-order valence-electron chi connectivity index (χ3n) is 14.2. The number of fused-ring (bicyclic) bond motifs is 2. The summed E-state index contributed by atoms with van der Waals surface area (Å²) in [4.78, 5) is 66.0. The van der Waals surface area contributed by atoms with E-state index in [1.54, 1.807) is 0 Å². The molecule has 16 nitrogen and oxygen atoms in total.